The van der Waals surface area contributed by atoms with Crippen LogP contribution in [0.1, 0.15) is 146 Å². The van der Waals surface area contributed by atoms with Crippen molar-refractivity contribution in [3.63, 3.8) is 0 Å². The van der Waals surface area contributed by atoms with Gasteiger partial charge in [-0.1, -0.05) is 79.9 Å². The van der Waals surface area contributed by atoms with Gasteiger partial charge in [-0.25, -0.2) is 0 Å². The second kappa shape index (κ2) is 20.1. The normalized spacial score (nSPS) is 52.9. The largest absolute Gasteiger partial charge is 0.465 e. The Kier molecular flexibility index (Phi) is 15.7. The third-order valence-electron chi connectivity index (χ3n) is 20.6. The van der Waals surface area contributed by atoms with E-state index in [9.17, 15) is 45.6 Å². The number of rotatable bonds is 12. The van der Waals surface area contributed by atoms with Gasteiger partial charge in [-0.3, -0.25) is 4.79 Å². The summed E-state index contributed by atoms with van der Waals surface area (Å²) in [5.74, 6) is 1.60. The minimum absolute atomic E-state index is 0.0180. The van der Waals surface area contributed by atoms with Crippen LogP contribution < -0.4 is 0 Å². The van der Waals surface area contributed by atoms with Crippen LogP contribution in [0, 0.1) is 56.7 Å². The summed E-state index contributed by atoms with van der Waals surface area (Å²) in [5.41, 5.74) is 0.350. The van der Waals surface area contributed by atoms with E-state index in [0.717, 1.165) is 70.6 Å². The van der Waals surface area contributed by atoms with E-state index in [1.807, 2.05) is 0 Å². The van der Waals surface area contributed by atoms with E-state index in [1.54, 1.807) is 0 Å². The van der Waals surface area contributed by atoms with Gasteiger partial charge in [0.1, 0.15) is 61.0 Å². The van der Waals surface area contributed by atoms with Gasteiger partial charge in [0.15, 0.2) is 18.9 Å². The van der Waals surface area contributed by atoms with Crippen molar-refractivity contribution in [3.8, 4) is 0 Å². The molecule has 0 radical (unpaired) electrons. The van der Waals surface area contributed by atoms with Crippen LogP contribution in [0.4, 0.5) is 0 Å². The molecule has 8 N–H and O–H groups in total. The van der Waals surface area contributed by atoms with Crippen molar-refractivity contribution in [2.75, 3.05) is 13.2 Å². The van der Waals surface area contributed by atoms with Crippen molar-refractivity contribution in [2.24, 2.45) is 56.7 Å². The standard InChI is InChI=1S/C53H88O16/c1-11-12-13-24-63-48(62)53-21-16-26(2)27(3)35(53)30-14-15-33-50(8)19-18-34(49(6,7)32(50)17-20-52(33,10)51(30,9)22-23-53)67-47-44(69-46-41(60)39(58)37(56)29(5)65-46)42(61)43(31(25-54)66-47)68-45-40(59)38(57)36(55)28(4)64-45/h14,26-29,31-47,54-61H,11-13,15-25H2,1-10H3/t26-,27+,28+,29+,31-,32+,33-,34+,35+,36+,37+,38-,39-,40-,41-,42+,43-,44-,45+,46+,47+,50+,51-,52-,53+/m1/s1. The maximum atomic E-state index is 14.4. The molecule has 3 aliphatic heterocycles. The van der Waals surface area contributed by atoms with Gasteiger partial charge in [-0.05, 0) is 129 Å². The minimum Gasteiger partial charge on any atom is -0.465 e. The van der Waals surface area contributed by atoms with E-state index in [0.29, 0.717) is 30.8 Å². The van der Waals surface area contributed by atoms with E-state index < -0.39 is 116 Å². The Labute approximate surface area is 409 Å². The van der Waals surface area contributed by atoms with Gasteiger partial charge >= 0.3 is 5.97 Å². The van der Waals surface area contributed by atoms with Crippen molar-refractivity contribution in [3.05, 3.63) is 11.6 Å². The molecule has 69 heavy (non-hydrogen) atoms. The van der Waals surface area contributed by atoms with Gasteiger partial charge in [0.05, 0.1) is 36.9 Å². The molecule has 0 bridgehead atoms. The van der Waals surface area contributed by atoms with Gasteiger partial charge < -0.3 is 74.0 Å². The Morgan fingerprint density at radius 1 is 0.667 bits per heavy atom. The molecule has 7 fully saturated rings. The molecular weight excluding hydrogens is 893 g/mol. The first-order valence-electron chi connectivity index (χ1n) is 26.6. The monoisotopic (exact) mass is 981 g/mol. The van der Waals surface area contributed by atoms with E-state index in [4.69, 9.17) is 33.2 Å². The van der Waals surface area contributed by atoms with Crippen molar-refractivity contribution >= 4 is 5.97 Å². The maximum absolute atomic E-state index is 14.4. The Morgan fingerprint density at radius 2 is 1.29 bits per heavy atom. The quantitative estimate of drug-likeness (QED) is 0.0590. The van der Waals surface area contributed by atoms with Crippen molar-refractivity contribution < 1.29 is 78.8 Å². The Balaban J connectivity index is 1.06. The van der Waals surface area contributed by atoms with Crippen molar-refractivity contribution in [1.29, 1.82) is 0 Å². The van der Waals surface area contributed by atoms with Crippen LogP contribution in [0.25, 0.3) is 0 Å². The summed E-state index contributed by atoms with van der Waals surface area (Å²) in [5, 5.41) is 87.0. The Morgan fingerprint density at radius 3 is 1.90 bits per heavy atom. The lowest BCUT2D eigenvalue weighted by Gasteiger charge is -2.71. The lowest BCUT2D eigenvalue weighted by atomic mass is 9.33. The number of esters is 1. The van der Waals surface area contributed by atoms with E-state index in [-0.39, 0.29) is 34.1 Å². The molecule has 8 rings (SSSR count). The smallest absolute Gasteiger partial charge is 0.312 e. The highest BCUT2D eigenvalue weighted by molar-refractivity contribution is 5.79. The van der Waals surface area contributed by atoms with Gasteiger partial charge in [-0.15, -0.1) is 0 Å². The van der Waals surface area contributed by atoms with Gasteiger partial charge in [-0.2, -0.15) is 0 Å². The second-order valence-corrected chi connectivity index (χ2v) is 24.4. The van der Waals surface area contributed by atoms with Crippen LogP contribution in [-0.2, 0) is 38.0 Å². The molecule has 0 amide bonds. The number of carbonyl (C=O) groups excluding carboxylic acids is 1. The SMILES string of the molecule is CCCCCOC(=O)[C@]12CC[C@@H](C)[C@H](C)[C@H]1C1=CC[C@@H]3[C@@]4(C)CC[C@H](O[C@@H]5O[C@H](CO)[C@@H](O[C@@H]6O[C@@H](C)[C@H](O)[C@@H](O)[C@H]6O)[C@H](O)[C@H]5O[C@@H]5O[C@@H](C)[C@H](O)[C@@H](O)[C@H]5O)C(C)(C)[C@@H]4CC[C@@]3(C)[C@]1(C)CC2. The molecular formula is C53H88O16. The summed E-state index contributed by atoms with van der Waals surface area (Å²) < 4.78 is 43.6. The number of aliphatic hydroxyl groups is 8. The number of aliphatic hydroxyl groups excluding tert-OH is 8. The van der Waals surface area contributed by atoms with Crippen LogP contribution in [0.5, 0.6) is 0 Å². The van der Waals surface area contributed by atoms with E-state index in [2.05, 4.69) is 61.5 Å². The number of fused-ring (bicyclic) bond motifs is 7. The molecule has 0 aromatic heterocycles. The topological polar surface area (TPSA) is 244 Å². The lowest BCUT2D eigenvalue weighted by Crippen LogP contribution is -2.68. The van der Waals surface area contributed by atoms with E-state index in [1.165, 1.54) is 19.4 Å². The highest BCUT2D eigenvalue weighted by atomic mass is 16.8. The summed E-state index contributed by atoms with van der Waals surface area (Å²) >= 11 is 0. The van der Waals surface area contributed by atoms with Crippen LogP contribution in [-0.4, -0.2) is 158 Å². The zero-order valence-electron chi connectivity index (χ0n) is 42.9. The number of allylic oxidation sites excluding steroid dienone is 2. The third-order valence-corrected chi connectivity index (χ3v) is 20.6. The van der Waals surface area contributed by atoms with Crippen LogP contribution in [0.15, 0.2) is 11.6 Å². The van der Waals surface area contributed by atoms with Crippen molar-refractivity contribution in [2.45, 2.75) is 245 Å². The average molecular weight is 981 g/mol. The molecule has 5 aliphatic carbocycles. The molecule has 3 saturated heterocycles. The summed E-state index contributed by atoms with van der Waals surface area (Å²) in [7, 11) is 0. The first-order valence-corrected chi connectivity index (χ1v) is 26.6. The number of carbonyl (C=O) groups is 1. The van der Waals surface area contributed by atoms with Crippen LogP contribution >= 0.6 is 0 Å². The predicted molar refractivity (Wildman–Crippen MR) is 251 cm³/mol. The summed E-state index contributed by atoms with van der Waals surface area (Å²) in [6.45, 7) is 21.7. The van der Waals surface area contributed by atoms with E-state index >= 15 is 0 Å². The zero-order valence-corrected chi connectivity index (χ0v) is 42.9. The first kappa shape index (κ1) is 53.9. The zero-order chi connectivity index (χ0) is 50.3. The molecule has 25 atom stereocenters. The lowest BCUT2D eigenvalue weighted by molar-refractivity contribution is -0.393. The fourth-order valence-corrected chi connectivity index (χ4v) is 15.9. The van der Waals surface area contributed by atoms with Crippen LogP contribution in [0.3, 0.4) is 0 Å². The first-order chi connectivity index (χ1) is 32.4. The molecule has 8 aliphatic rings. The molecule has 396 valence electrons. The average Bonchev–Trinajstić information content (AvgIpc) is 3.31. The molecule has 0 aromatic carbocycles. The minimum atomic E-state index is -1.73. The number of ether oxygens (including phenoxy) is 7. The number of unbranched alkanes of at least 4 members (excludes halogenated alkanes) is 2. The van der Waals surface area contributed by atoms with Crippen LogP contribution in [0.2, 0.25) is 0 Å². The molecule has 0 unspecified atom stereocenters. The highest BCUT2D eigenvalue weighted by Crippen LogP contribution is 2.76. The van der Waals surface area contributed by atoms with Gasteiger partial charge in [0.2, 0.25) is 0 Å². The molecule has 4 saturated carbocycles. The second-order valence-electron chi connectivity index (χ2n) is 24.4. The molecule has 16 nitrogen and oxygen atoms in total. The predicted octanol–water partition coefficient (Wildman–Crippen LogP) is 4.27. The van der Waals surface area contributed by atoms with Gasteiger partial charge in [0.25, 0.3) is 0 Å². The third kappa shape index (κ3) is 8.83. The molecule has 3 heterocycles. The number of hydrogen-bond donors (Lipinski definition) is 8. The maximum Gasteiger partial charge on any atom is 0.312 e. The van der Waals surface area contributed by atoms with Crippen molar-refractivity contribution in [1.82, 2.24) is 0 Å². The molecule has 0 aromatic rings. The van der Waals surface area contributed by atoms with Gasteiger partial charge in [0, 0.05) is 0 Å². The summed E-state index contributed by atoms with van der Waals surface area (Å²) in [6.07, 6.45) is -8.57. The Hall–Kier alpha value is -1.35. The fraction of sp³-hybridized carbons (Fsp3) is 0.943. The number of hydrogen-bond acceptors (Lipinski definition) is 16. The molecule has 16 heteroatoms. The summed E-state index contributed by atoms with van der Waals surface area (Å²) in [4.78, 5) is 14.4. The molecule has 0 spiro atoms. The fourth-order valence-electron chi connectivity index (χ4n) is 15.9. The summed E-state index contributed by atoms with van der Waals surface area (Å²) in [6, 6.07) is 0. The highest BCUT2D eigenvalue weighted by Gasteiger charge is 2.70. The Bertz CT molecular complexity index is 1830.